The molecule has 0 heterocycles. The van der Waals surface area contributed by atoms with Crippen molar-refractivity contribution >= 4 is 35.8 Å². The summed E-state index contributed by atoms with van der Waals surface area (Å²) in [5.41, 5.74) is 5.43. The highest BCUT2D eigenvalue weighted by atomic mass is 35.5. The number of nitro groups is 1. The normalized spacial score (nSPS) is 11.3. The Balaban J connectivity index is 0.00000400. The van der Waals surface area contributed by atoms with Crippen LogP contribution in [-0.4, -0.2) is 29.2 Å². The Hall–Kier alpha value is -1.31. The number of nitrogens with zero attached hydrogens (tertiary/aromatic N) is 1. The first-order valence-electron chi connectivity index (χ1n) is 6.43. The molecule has 0 radical (unpaired) electrons. The second kappa shape index (κ2) is 10.4. The number of nitrogens with two attached hydrogens (primary N) is 1. The molecule has 6 nitrogen and oxygen atoms in total. The van der Waals surface area contributed by atoms with Gasteiger partial charge in [0.25, 0.3) is 5.69 Å². The van der Waals surface area contributed by atoms with E-state index in [1.165, 1.54) is 23.9 Å². The third-order valence-corrected chi connectivity index (χ3v) is 3.77. The van der Waals surface area contributed by atoms with Crippen LogP contribution >= 0.6 is 24.2 Å². The predicted molar refractivity (Wildman–Crippen MR) is 87.0 cm³/mol. The van der Waals surface area contributed by atoms with E-state index in [1.807, 2.05) is 6.92 Å². The second-order valence-corrected chi connectivity index (χ2v) is 5.71. The van der Waals surface area contributed by atoms with E-state index < -0.39 is 4.92 Å². The van der Waals surface area contributed by atoms with Crippen LogP contribution in [0, 0.1) is 10.1 Å². The van der Waals surface area contributed by atoms with Crippen molar-refractivity contribution < 1.29 is 9.72 Å². The molecule has 1 aromatic carbocycles. The van der Waals surface area contributed by atoms with Gasteiger partial charge in [0, 0.05) is 23.6 Å². The highest BCUT2D eigenvalue weighted by molar-refractivity contribution is 8.00. The summed E-state index contributed by atoms with van der Waals surface area (Å²) in [6.45, 7) is 3.06. The van der Waals surface area contributed by atoms with Gasteiger partial charge in [0.2, 0.25) is 5.91 Å². The third-order valence-electron chi connectivity index (χ3n) is 2.66. The van der Waals surface area contributed by atoms with Crippen LogP contribution in [0.1, 0.15) is 19.8 Å². The van der Waals surface area contributed by atoms with Crippen molar-refractivity contribution in [2.24, 2.45) is 5.73 Å². The number of hydrogen-bond donors (Lipinski definition) is 2. The zero-order chi connectivity index (χ0) is 15.0. The zero-order valence-electron chi connectivity index (χ0n) is 11.8. The summed E-state index contributed by atoms with van der Waals surface area (Å²) in [6, 6.07) is 6.18. The number of amides is 1. The average Bonchev–Trinajstić information content (AvgIpc) is 2.44. The summed E-state index contributed by atoms with van der Waals surface area (Å²) < 4.78 is 0. The fourth-order valence-corrected chi connectivity index (χ4v) is 2.42. The number of thioether (sulfide) groups is 1. The molecular formula is C13H20ClN3O3S. The van der Waals surface area contributed by atoms with Crippen molar-refractivity contribution in [1.29, 1.82) is 0 Å². The van der Waals surface area contributed by atoms with Crippen molar-refractivity contribution in [3.63, 3.8) is 0 Å². The molecule has 0 spiro atoms. The molecule has 0 aromatic heterocycles. The molecule has 0 bridgehead atoms. The van der Waals surface area contributed by atoms with Crippen LogP contribution in [0.3, 0.4) is 0 Å². The SMILES string of the molecule is CC(Sc1ccc([N+](=O)[O-])cc1)C(=O)NCCCCN.Cl. The van der Waals surface area contributed by atoms with Gasteiger partial charge in [0.15, 0.2) is 0 Å². The molecule has 0 fully saturated rings. The van der Waals surface area contributed by atoms with E-state index in [0.29, 0.717) is 13.1 Å². The summed E-state index contributed by atoms with van der Waals surface area (Å²) in [5.74, 6) is -0.0367. The van der Waals surface area contributed by atoms with Crippen LogP contribution in [0.25, 0.3) is 0 Å². The van der Waals surface area contributed by atoms with Crippen LogP contribution in [-0.2, 0) is 4.79 Å². The molecule has 1 aromatic rings. The standard InChI is InChI=1S/C13H19N3O3S.ClH/c1-10(13(17)15-9-3-2-8-14)20-12-6-4-11(5-7-12)16(18)19;/h4-7,10H,2-3,8-9,14H2,1H3,(H,15,17);1H. The molecule has 0 saturated heterocycles. The zero-order valence-corrected chi connectivity index (χ0v) is 13.4. The smallest absolute Gasteiger partial charge is 0.269 e. The summed E-state index contributed by atoms with van der Waals surface area (Å²) in [5, 5.41) is 13.1. The predicted octanol–water partition coefficient (Wildman–Crippen LogP) is 2.35. The molecule has 1 rings (SSSR count). The average molecular weight is 334 g/mol. The Morgan fingerprint density at radius 1 is 1.38 bits per heavy atom. The number of carbonyl (C=O) groups is 1. The lowest BCUT2D eigenvalue weighted by Crippen LogP contribution is -2.31. The van der Waals surface area contributed by atoms with E-state index >= 15 is 0 Å². The lowest BCUT2D eigenvalue weighted by Gasteiger charge is -2.11. The van der Waals surface area contributed by atoms with E-state index in [-0.39, 0.29) is 29.3 Å². The van der Waals surface area contributed by atoms with Gasteiger partial charge >= 0.3 is 0 Å². The minimum absolute atomic E-state index is 0. The van der Waals surface area contributed by atoms with Gasteiger partial charge in [0.1, 0.15) is 0 Å². The number of halogens is 1. The van der Waals surface area contributed by atoms with Gasteiger partial charge in [0.05, 0.1) is 10.2 Å². The first-order chi connectivity index (χ1) is 9.54. The Labute approximate surface area is 134 Å². The first kappa shape index (κ1) is 19.7. The number of nitro benzene ring substituents is 1. The number of non-ortho nitro benzene ring substituents is 1. The second-order valence-electron chi connectivity index (χ2n) is 4.30. The maximum Gasteiger partial charge on any atom is 0.269 e. The quantitative estimate of drug-likeness (QED) is 0.329. The lowest BCUT2D eigenvalue weighted by molar-refractivity contribution is -0.384. The molecule has 0 saturated carbocycles. The van der Waals surface area contributed by atoms with E-state index in [2.05, 4.69) is 5.32 Å². The van der Waals surface area contributed by atoms with Gasteiger partial charge in [-0.15, -0.1) is 24.2 Å². The van der Waals surface area contributed by atoms with Crippen molar-refractivity contribution in [3.8, 4) is 0 Å². The number of carbonyl (C=O) groups excluding carboxylic acids is 1. The van der Waals surface area contributed by atoms with Crippen LogP contribution < -0.4 is 11.1 Å². The van der Waals surface area contributed by atoms with Crippen molar-refractivity contribution in [2.75, 3.05) is 13.1 Å². The molecule has 1 amide bonds. The number of benzene rings is 1. The fraction of sp³-hybridized carbons (Fsp3) is 0.462. The molecule has 1 atom stereocenters. The van der Waals surface area contributed by atoms with E-state index in [4.69, 9.17) is 5.73 Å². The number of nitrogens with one attached hydrogen (secondary N) is 1. The van der Waals surface area contributed by atoms with Gasteiger partial charge in [-0.25, -0.2) is 0 Å². The Kier molecular flexibility index (Phi) is 9.77. The monoisotopic (exact) mass is 333 g/mol. The third kappa shape index (κ3) is 7.31. The summed E-state index contributed by atoms with van der Waals surface area (Å²) >= 11 is 1.38. The topological polar surface area (TPSA) is 98.3 Å². The van der Waals surface area contributed by atoms with Gasteiger partial charge in [-0.05, 0) is 38.4 Å². The summed E-state index contributed by atoms with van der Waals surface area (Å²) in [4.78, 5) is 22.7. The maximum atomic E-state index is 11.8. The molecule has 8 heteroatoms. The largest absolute Gasteiger partial charge is 0.355 e. The van der Waals surface area contributed by atoms with Crippen molar-refractivity contribution in [1.82, 2.24) is 5.32 Å². The van der Waals surface area contributed by atoms with E-state index in [0.717, 1.165) is 17.7 Å². The molecule has 0 aliphatic carbocycles. The molecule has 0 aliphatic rings. The Bertz CT molecular complexity index is 456. The van der Waals surface area contributed by atoms with Gasteiger partial charge in [-0.1, -0.05) is 0 Å². The Morgan fingerprint density at radius 3 is 2.52 bits per heavy atom. The summed E-state index contributed by atoms with van der Waals surface area (Å²) in [6.07, 6.45) is 1.77. The van der Waals surface area contributed by atoms with E-state index in [9.17, 15) is 14.9 Å². The molecule has 118 valence electrons. The maximum absolute atomic E-state index is 11.8. The van der Waals surface area contributed by atoms with Crippen LogP contribution in [0.4, 0.5) is 5.69 Å². The van der Waals surface area contributed by atoms with Crippen LogP contribution in [0.2, 0.25) is 0 Å². The molecule has 1 unspecified atom stereocenters. The number of rotatable bonds is 8. The molecular weight excluding hydrogens is 314 g/mol. The van der Waals surface area contributed by atoms with Crippen molar-refractivity contribution in [2.45, 2.75) is 29.9 Å². The van der Waals surface area contributed by atoms with Crippen LogP contribution in [0.15, 0.2) is 29.2 Å². The minimum Gasteiger partial charge on any atom is -0.355 e. The highest BCUT2D eigenvalue weighted by Crippen LogP contribution is 2.25. The van der Waals surface area contributed by atoms with Gasteiger partial charge < -0.3 is 11.1 Å². The minimum atomic E-state index is -0.442. The van der Waals surface area contributed by atoms with E-state index in [1.54, 1.807) is 12.1 Å². The molecule has 21 heavy (non-hydrogen) atoms. The van der Waals surface area contributed by atoms with Crippen LogP contribution in [0.5, 0.6) is 0 Å². The molecule has 0 aliphatic heterocycles. The van der Waals surface area contributed by atoms with Gasteiger partial charge in [-0.3, -0.25) is 14.9 Å². The highest BCUT2D eigenvalue weighted by Gasteiger charge is 2.14. The lowest BCUT2D eigenvalue weighted by atomic mass is 10.3. The number of hydrogen-bond acceptors (Lipinski definition) is 5. The summed E-state index contributed by atoms with van der Waals surface area (Å²) in [7, 11) is 0. The van der Waals surface area contributed by atoms with Gasteiger partial charge in [-0.2, -0.15) is 0 Å². The first-order valence-corrected chi connectivity index (χ1v) is 7.31. The molecule has 3 N–H and O–H groups in total. The number of unbranched alkanes of at least 4 members (excludes halogenated alkanes) is 1. The Morgan fingerprint density at radius 2 is 2.00 bits per heavy atom. The fourth-order valence-electron chi connectivity index (χ4n) is 1.53. The van der Waals surface area contributed by atoms with Crippen molar-refractivity contribution in [3.05, 3.63) is 34.4 Å².